The summed E-state index contributed by atoms with van der Waals surface area (Å²) in [6.45, 7) is -0.483. The van der Waals surface area contributed by atoms with Gasteiger partial charge in [0.2, 0.25) is 0 Å². The Balaban J connectivity index is 3.45. The fraction of sp³-hybridized carbons (Fsp3) is 0.250. The van der Waals surface area contributed by atoms with Crippen molar-refractivity contribution in [3.8, 4) is 6.07 Å². The third kappa shape index (κ3) is 1.89. The van der Waals surface area contributed by atoms with Gasteiger partial charge in [-0.1, -0.05) is 0 Å². The second-order valence-corrected chi connectivity index (χ2v) is 3.18. The van der Waals surface area contributed by atoms with Crippen molar-refractivity contribution in [3.05, 3.63) is 27.5 Å². The number of aliphatic hydroxyl groups excluding tert-OH is 1. The van der Waals surface area contributed by atoms with E-state index in [1.807, 2.05) is 0 Å². The molecule has 1 aromatic rings. The zero-order valence-electron chi connectivity index (χ0n) is 6.84. The van der Waals surface area contributed by atoms with Gasteiger partial charge < -0.3 is 5.11 Å². The van der Waals surface area contributed by atoms with Crippen molar-refractivity contribution < 1.29 is 13.9 Å². The summed E-state index contributed by atoms with van der Waals surface area (Å²) in [4.78, 5) is 3.61. The summed E-state index contributed by atoms with van der Waals surface area (Å²) in [6.07, 6.45) is -1.60. The summed E-state index contributed by atoms with van der Waals surface area (Å²) in [5, 5.41) is 17.5. The summed E-state index contributed by atoms with van der Waals surface area (Å²) in [5.74, 6) is 0. The molecule has 74 valence electrons. The van der Waals surface area contributed by atoms with E-state index < -0.39 is 18.6 Å². The van der Waals surface area contributed by atoms with Crippen LogP contribution in [0.1, 0.15) is 23.1 Å². The first-order chi connectivity index (χ1) is 6.61. The van der Waals surface area contributed by atoms with Gasteiger partial charge in [0, 0.05) is 11.8 Å². The third-order valence-corrected chi connectivity index (χ3v) is 2.28. The number of alkyl halides is 2. The normalized spacial score (nSPS) is 10.3. The van der Waals surface area contributed by atoms with E-state index in [1.54, 1.807) is 6.07 Å². The van der Waals surface area contributed by atoms with E-state index in [1.165, 1.54) is 6.20 Å². The molecule has 0 radical (unpaired) electrons. The monoisotopic (exact) mass is 262 g/mol. The molecule has 0 saturated heterocycles. The van der Waals surface area contributed by atoms with Gasteiger partial charge in [-0.3, -0.25) is 0 Å². The van der Waals surface area contributed by atoms with Crippen molar-refractivity contribution in [2.45, 2.75) is 13.0 Å². The van der Waals surface area contributed by atoms with Crippen molar-refractivity contribution in [1.29, 1.82) is 5.26 Å². The number of hydrogen-bond donors (Lipinski definition) is 1. The zero-order chi connectivity index (χ0) is 10.7. The molecule has 3 nitrogen and oxygen atoms in total. The van der Waals surface area contributed by atoms with E-state index in [0.717, 1.165) is 0 Å². The second kappa shape index (κ2) is 4.44. The molecule has 1 heterocycles. The molecule has 14 heavy (non-hydrogen) atoms. The molecule has 0 aliphatic heterocycles. The number of pyridine rings is 1. The molecule has 0 aliphatic rings. The minimum Gasteiger partial charge on any atom is -0.392 e. The van der Waals surface area contributed by atoms with Gasteiger partial charge in [0.25, 0.3) is 6.43 Å². The van der Waals surface area contributed by atoms with Gasteiger partial charge in [0.15, 0.2) is 0 Å². The highest BCUT2D eigenvalue weighted by molar-refractivity contribution is 9.10. The van der Waals surface area contributed by atoms with Crippen LogP contribution in [0, 0.1) is 11.3 Å². The first-order valence-electron chi connectivity index (χ1n) is 3.58. The van der Waals surface area contributed by atoms with Gasteiger partial charge in [0.05, 0.1) is 17.7 Å². The maximum absolute atomic E-state index is 12.5. The lowest BCUT2D eigenvalue weighted by Crippen LogP contribution is -2.00. The Hall–Kier alpha value is -1.06. The summed E-state index contributed by atoms with van der Waals surface area (Å²) >= 11 is 2.83. The van der Waals surface area contributed by atoms with E-state index >= 15 is 0 Å². The van der Waals surface area contributed by atoms with Crippen LogP contribution in [0.3, 0.4) is 0 Å². The van der Waals surface area contributed by atoms with Crippen molar-refractivity contribution >= 4 is 15.9 Å². The van der Waals surface area contributed by atoms with E-state index in [0.29, 0.717) is 0 Å². The van der Waals surface area contributed by atoms with Crippen LogP contribution in [0.25, 0.3) is 0 Å². The summed E-state index contributed by atoms with van der Waals surface area (Å²) in [5.41, 5.74) is -0.588. The third-order valence-electron chi connectivity index (χ3n) is 1.65. The van der Waals surface area contributed by atoms with Crippen LogP contribution in [-0.4, -0.2) is 10.1 Å². The molecule has 0 bridgehead atoms. The quantitative estimate of drug-likeness (QED) is 0.831. The van der Waals surface area contributed by atoms with E-state index in [4.69, 9.17) is 10.4 Å². The topological polar surface area (TPSA) is 56.9 Å². The number of rotatable bonds is 2. The molecular weight excluding hydrogens is 258 g/mol. The highest BCUT2D eigenvalue weighted by Crippen LogP contribution is 2.30. The number of nitriles is 1. The molecular formula is C8H5BrF2N2O. The molecule has 0 amide bonds. The molecule has 0 aromatic carbocycles. The fourth-order valence-electron chi connectivity index (χ4n) is 0.996. The Labute approximate surface area is 87.1 Å². The van der Waals surface area contributed by atoms with Crippen molar-refractivity contribution in [2.24, 2.45) is 0 Å². The SMILES string of the molecule is N#Cc1c(CO)cnc(Br)c1C(F)F. The van der Waals surface area contributed by atoms with Crippen LogP contribution in [0.5, 0.6) is 0 Å². The maximum atomic E-state index is 12.5. The van der Waals surface area contributed by atoms with E-state index in [9.17, 15) is 8.78 Å². The van der Waals surface area contributed by atoms with Crippen molar-refractivity contribution in [1.82, 2.24) is 4.98 Å². The van der Waals surface area contributed by atoms with Crippen LogP contribution in [0.2, 0.25) is 0 Å². The van der Waals surface area contributed by atoms with Gasteiger partial charge >= 0.3 is 0 Å². The van der Waals surface area contributed by atoms with Crippen LogP contribution in [-0.2, 0) is 6.61 Å². The predicted molar refractivity (Wildman–Crippen MR) is 47.5 cm³/mol. The highest BCUT2D eigenvalue weighted by atomic mass is 79.9. The summed E-state index contributed by atoms with van der Waals surface area (Å²) in [7, 11) is 0. The van der Waals surface area contributed by atoms with Crippen LogP contribution >= 0.6 is 15.9 Å². The molecule has 0 saturated carbocycles. The van der Waals surface area contributed by atoms with Gasteiger partial charge in [0.1, 0.15) is 10.7 Å². The molecule has 1 N–H and O–H groups in total. The summed E-state index contributed by atoms with van der Waals surface area (Å²) in [6, 6.07) is 1.63. The fourth-order valence-corrected chi connectivity index (χ4v) is 1.47. The largest absolute Gasteiger partial charge is 0.392 e. The Kier molecular flexibility index (Phi) is 3.49. The van der Waals surface area contributed by atoms with Gasteiger partial charge in [-0.25, -0.2) is 13.8 Å². The highest BCUT2D eigenvalue weighted by Gasteiger charge is 2.20. The van der Waals surface area contributed by atoms with Gasteiger partial charge in [-0.05, 0) is 15.9 Å². The number of halogens is 3. The van der Waals surface area contributed by atoms with E-state index in [-0.39, 0.29) is 15.7 Å². The molecule has 0 atom stereocenters. The molecule has 1 rings (SSSR count). The standard InChI is InChI=1S/C8H5BrF2N2O/c9-7-6(8(10)11)5(1-12)4(3-14)2-13-7/h2,8,14H,3H2. The molecule has 0 spiro atoms. The summed E-state index contributed by atoms with van der Waals surface area (Å²) < 4.78 is 24.9. The van der Waals surface area contributed by atoms with Crippen LogP contribution in [0.15, 0.2) is 10.8 Å². The average molecular weight is 263 g/mol. The lowest BCUT2D eigenvalue weighted by molar-refractivity contribution is 0.149. The number of nitrogens with zero attached hydrogens (tertiary/aromatic N) is 2. The second-order valence-electron chi connectivity index (χ2n) is 2.43. The van der Waals surface area contributed by atoms with E-state index in [2.05, 4.69) is 20.9 Å². The van der Waals surface area contributed by atoms with Crippen molar-refractivity contribution in [2.75, 3.05) is 0 Å². The first-order valence-corrected chi connectivity index (χ1v) is 4.37. The lowest BCUT2D eigenvalue weighted by atomic mass is 10.1. The van der Waals surface area contributed by atoms with Gasteiger partial charge in [-0.2, -0.15) is 5.26 Å². The van der Waals surface area contributed by atoms with Crippen molar-refractivity contribution in [3.63, 3.8) is 0 Å². The number of aromatic nitrogens is 1. The van der Waals surface area contributed by atoms with Crippen LogP contribution < -0.4 is 0 Å². The number of hydrogen-bond acceptors (Lipinski definition) is 3. The van der Waals surface area contributed by atoms with Gasteiger partial charge in [-0.15, -0.1) is 0 Å². The first kappa shape index (κ1) is 11.0. The zero-order valence-corrected chi connectivity index (χ0v) is 8.42. The smallest absolute Gasteiger partial charge is 0.267 e. The molecule has 6 heteroatoms. The Morgan fingerprint density at radius 2 is 2.29 bits per heavy atom. The lowest BCUT2D eigenvalue weighted by Gasteiger charge is -2.07. The number of aliphatic hydroxyl groups is 1. The minimum absolute atomic E-state index is 0.0683. The Morgan fingerprint density at radius 3 is 2.71 bits per heavy atom. The minimum atomic E-state index is -2.79. The average Bonchev–Trinajstić information content (AvgIpc) is 2.16. The Morgan fingerprint density at radius 1 is 1.64 bits per heavy atom. The maximum Gasteiger partial charge on any atom is 0.267 e. The molecule has 0 unspecified atom stereocenters. The predicted octanol–water partition coefficient (Wildman–Crippen LogP) is 2.15. The molecule has 0 aliphatic carbocycles. The molecule has 0 fully saturated rings. The van der Waals surface area contributed by atoms with Crippen LogP contribution in [0.4, 0.5) is 8.78 Å². The Bertz CT molecular complexity index is 390. The molecule has 1 aromatic heterocycles.